The summed E-state index contributed by atoms with van der Waals surface area (Å²) in [5.74, 6) is 1.31. The predicted octanol–water partition coefficient (Wildman–Crippen LogP) is 4.36. The lowest BCUT2D eigenvalue weighted by molar-refractivity contribution is 0.340. The number of pyridine rings is 1. The first-order valence-corrected chi connectivity index (χ1v) is 12.4. The Morgan fingerprint density at radius 2 is 1.79 bits per heavy atom. The van der Waals surface area contributed by atoms with Crippen LogP contribution in [-0.2, 0) is 10.0 Å². The van der Waals surface area contributed by atoms with Crippen LogP contribution in [0.1, 0.15) is 37.7 Å². The predicted molar refractivity (Wildman–Crippen MR) is 132 cm³/mol. The van der Waals surface area contributed by atoms with E-state index >= 15 is 0 Å². The molecule has 0 unspecified atom stereocenters. The van der Waals surface area contributed by atoms with Crippen molar-refractivity contribution in [2.75, 3.05) is 25.1 Å². The first-order chi connectivity index (χ1) is 15.8. The van der Waals surface area contributed by atoms with E-state index < -0.39 is 10.0 Å². The molecule has 0 saturated carbocycles. The molecule has 3 aromatic rings. The summed E-state index contributed by atoms with van der Waals surface area (Å²) in [7, 11) is -3.53. The van der Waals surface area contributed by atoms with Gasteiger partial charge >= 0.3 is 0 Å². The number of hydrazone groups is 1. The van der Waals surface area contributed by atoms with Crippen molar-refractivity contribution >= 4 is 22.1 Å². The Morgan fingerprint density at radius 1 is 1.09 bits per heavy atom. The number of hydrogen-bond donors (Lipinski definition) is 1. The molecule has 2 heterocycles. The molecule has 0 fully saturated rings. The molecule has 0 spiro atoms. The molecule has 0 aliphatic heterocycles. The van der Waals surface area contributed by atoms with Gasteiger partial charge in [-0.05, 0) is 63.2 Å². The first-order valence-electron chi connectivity index (χ1n) is 11.0. The lowest BCUT2D eigenvalue weighted by Crippen LogP contribution is -2.30. The molecule has 0 atom stereocenters. The number of hydrogen-bond acceptors (Lipinski definition) is 6. The second-order valence-corrected chi connectivity index (χ2v) is 9.37. The van der Waals surface area contributed by atoms with Crippen LogP contribution in [0.15, 0.2) is 58.7 Å². The molecule has 2 aromatic heterocycles. The van der Waals surface area contributed by atoms with Crippen LogP contribution in [0.3, 0.4) is 0 Å². The van der Waals surface area contributed by atoms with Crippen LogP contribution in [0.4, 0.5) is 5.82 Å². The number of benzene rings is 1. The van der Waals surface area contributed by atoms with Crippen molar-refractivity contribution in [2.24, 2.45) is 5.10 Å². The minimum absolute atomic E-state index is 0.166. The van der Waals surface area contributed by atoms with Gasteiger partial charge in [0, 0.05) is 41.9 Å². The number of anilines is 1. The smallest absolute Gasteiger partial charge is 0.244 e. The van der Waals surface area contributed by atoms with Crippen LogP contribution in [0.5, 0.6) is 5.75 Å². The zero-order chi connectivity index (χ0) is 24.0. The highest BCUT2D eigenvalue weighted by molar-refractivity contribution is 7.89. The van der Waals surface area contributed by atoms with Gasteiger partial charge in [-0.1, -0.05) is 13.8 Å². The molecule has 9 heteroatoms. The zero-order valence-corrected chi connectivity index (χ0v) is 20.6. The zero-order valence-electron chi connectivity index (χ0n) is 19.7. The van der Waals surface area contributed by atoms with Gasteiger partial charge in [-0.2, -0.15) is 9.41 Å². The molecule has 0 radical (unpaired) electrons. The Kier molecular flexibility index (Phi) is 7.88. The molecular weight excluding hydrogens is 438 g/mol. The molecule has 176 valence electrons. The number of nitrogens with zero attached hydrogens (tertiary/aromatic N) is 4. The van der Waals surface area contributed by atoms with Gasteiger partial charge in [0.05, 0.1) is 12.8 Å². The summed E-state index contributed by atoms with van der Waals surface area (Å²) < 4.78 is 34.2. The lowest BCUT2D eigenvalue weighted by atomic mass is 10.2. The van der Waals surface area contributed by atoms with Crippen LogP contribution in [-0.4, -0.2) is 48.2 Å². The van der Waals surface area contributed by atoms with Gasteiger partial charge in [0.25, 0.3) is 0 Å². The van der Waals surface area contributed by atoms with Gasteiger partial charge in [-0.15, -0.1) is 0 Å². The monoisotopic (exact) mass is 469 g/mol. The van der Waals surface area contributed by atoms with Gasteiger partial charge in [0.2, 0.25) is 10.0 Å². The maximum Gasteiger partial charge on any atom is 0.244 e. The summed E-state index contributed by atoms with van der Waals surface area (Å²) in [6, 6.07) is 13.2. The van der Waals surface area contributed by atoms with Crippen LogP contribution >= 0.6 is 0 Å². The van der Waals surface area contributed by atoms with Crippen molar-refractivity contribution in [3.05, 3.63) is 65.6 Å². The molecule has 1 aromatic carbocycles. The Labute approximate surface area is 196 Å². The van der Waals surface area contributed by atoms with E-state index in [0.717, 1.165) is 28.4 Å². The van der Waals surface area contributed by atoms with E-state index in [1.54, 1.807) is 12.3 Å². The van der Waals surface area contributed by atoms with Gasteiger partial charge < -0.3 is 9.30 Å². The van der Waals surface area contributed by atoms with Crippen LogP contribution in [0.25, 0.3) is 5.69 Å². The molecule has 0 amide bonds. The maximum absolute atomic E-state index is 12.6. The Bertz CT molecular complexity index is 1200. The highest BCUT2D eigenvalue weighted by atomic mass is 32.2. The molecular formula is C24H31N5O3S. The summed E-state index contributed by atoms with van der Waals surface area (Å²) in [6.07, 6.45) is 3.08. The van der Waals surface area contributed by atoms with E-state index in [4.69, 9.17) is 4.74 Å². The largest absolute Gasteiger partial charge is 0.494 e. The summed E-state index contributed by atoms with van der Waals surface area (Å²) in [6.45, 7) is 11.1. The third-order valence-electron chi connectivity index (χ3n) is 5.34. The van der Waals surface area contributed by atoms with E-state index in [9.17, 15) is 8.42 Å². The number of sulfonamides is 1. The number of nitrogens with one attached hydrogen (secondary N) is 1. The second-order valence-electron chi connectivity index (χ2n) is 7.43. The van der Waals surface area contributed by atoms with E-state index in [1.807, 2.05) is 58.9 Å². The summed E-state index contributed by atoms with van der Waals surface area (Å²) >= 11 is 0. The summed E-state index contributed by atoms with van der Waals surface area (Å²) in [5, 5.41) is 4.29. The number of aromatic nitrogens is 2. The van der Waals surface area contributed by atoms with E-state index in [-0.39, 0.29) is 4.90 Å². The highest BCUT2D eigenvalue weighted by Gasteiger charge is 2.21. The summed E-state index contributed by atoms with van der Waals surface area (Å²) in [5.41, 5.74) is 7.02. The van der Waals surface area contributed by atoms with E-state index in [1.165, 1.54) is 16.6 Å². The standard InChI is InChI=1S/C24H31N5O3S/c1-6-28(7-2)33(30,31)23-13-14-24(25-17-23)27-26-16-20-15-18(4)29(19(20)5)21-9-11-22(12-10-21)32-8-3/h9-17H,6-8H2,1-5H3,(H,25,27)/b26-16-. The van der Waals surface area contributed by atoms with Crippen LogP contribution < -0.4 is 10.2 Å². The number of ether oxygens (including phenoxy) is 1. The van der Waals surface area contributed by atoms with Gasteiger partial charge in [-0.25, -0.2) is 13.4 Å². The van der Waals surface area contributed by atoms with Crippen molar-refractivity contribution in [1.29, 1.82) is 0 Å². The van der Waals surface area contributed by atoms with E-state index in [2.05, 4.69) is 26.1 Å². The number of aryl methyl sites for hydroxylation is 1. The Morgan fingerprint density at radius 3 is 2.36 bits per heavy atom. The fourth-order valence-electron chi connectivity index (χ4n) is 3.65. The molecule has 1 N–H and O–H groups in total. The summed E-state index contributed by atoms with van der Waals surface area (Å²) in [4.78, 5) is 4.36. The molecule has 0 saturated heterocycles. The Hall–Kier alpha value is -3.17. The van der Waals surface area contributed by atoms with Gasteiger partial charge in [-0.3, -0.25) is 5.43 Å². The average molecular weight is 470 g/mol. The van der Waals surface area contributed by atoms with Crippen molar-refractivity contribution in [2.45, 2.75) is 39.5 Å². The molecule has 3 rings (SSSR count). The molecule has 0 bridgehead atoms. The third kappa shape index (κ3) is 5.43. The molecule has 33 heavy (non-hydrogen) atoms. The normalized spacial score (nSPS) is 11.9. The lowest BCUT2D eigenvalue weighted by Gasteiger charge is -2.18. The fraction of sp³-hybridized carbons (Fsp3) is 0.333. The third-order valence-corrected chi connectivity index (χ3v) is 7.37. The number of rotatable bonds is 10. The first kappa shape index (κ1) is 24.5. The topological polar surface area (TPSA) is 88.8 Å². The maximum atomic E-state index is 12.6. The highest BCUT2D eigenvalue weighted by Crippen LogP contribution is 2.22. The van der Waals surface area contributed by atoms with Crippen molar-refractivity contribution in [1.82, 2.24) is 13.9 Å². The van der Waals surface area contributed by atoms with E-state index in [0.29, 0.717) is 25.5 Å². The van der Waals surface area contributed by atoms with Crippen molar-refractivity contribution in [3.63, 3.8) is 0 Å². The Balaban J connectivity index is 1.73. The SMILES string of the molecule is CCOc1ccc(-n2c(C)cc(/C=N\Nc3ccc(S(=O)(=O)N(CC)CC)cn3)c2C)cc1. The molecule has 8 nitrogen and oxygen atoms in total. The van der Waals surface area contributed by atoms with Gasteiger partial charge in [0.15, 0.2) is 0 Å². The van der Waals surface area contributed by atoms with Crippen LogP contribution in [0, 0.1) is 13.8 Å². The van der Waals surface area contributed by atoms with Crippen LogP contribution in [0.2, 0.25) is 0 Å². The second kappa shape index (κ2) is 10.6. The quantitative estimate of drug-likeness (QED) is 0.352. The fourth-order valence-corrected chi connectivity index (χ4v) is 5.06. The average Bonchev–Trinajstić information content (AvgIpc) is 3.08. The van der Waals surface area contributed by atoms with Crippen molar-refractivity contribution in [3.8, 4) is 11.4 Å². The molecule has 0 aliphatic carbocycles. The minimum Gasteiger partial charge on any atom is -0.494 e. The minimum atomic E-state index is -3.53. The van der Waals surface area contributed by atoms with Crippen molar-refractivity contribution < 1.29 is 13.2 Å². The molecule has 0 aliphatic rings. The van der Waals surface area contributed by atoms with Gasteiger partial charge in [0.1, 0.15) is 16.5 Å².